The number of hydrogen-bond acceptors (Lipinski definition) is 3. The highest BCUT2D eigenvalue weighted by Crippen LogP contribution is 1.99. The molecular weight excluding hydrogens is 218 g/mol. The van der Waals surface area contributed by atoms with E-state index < -0.39 is 0 Å². The van der Waals surface area contributed by atoms with Gasteiger partial charge in [-0.15, -0.1) is 0 Å². The van der Waals surface area contributed by atoms with E-state index in [2.05, 4.69) is 31.0 Å². The van der Waals surface area contributed by atoms with Crippen LogP contribution in [0, 0.1) is 0 Å². The maximum Gasteiger partial charge on any atom is 0.317 e. The molecule has 5 heteroatoms. The summed E-state index contributed by atoms with van der Waals surface area (Å²) in [5, 5.41) is 2.99. The van der Waals surface area contributed by atoms with Crippen molar-refractivity contribution in [3.05, 3.63) is 0 Å². The zero-order valence-corrected chi connectivity index (χ0v) is 11.2. The number of nitrogens with zero attached hydrogens (tertiary/aromatic N) is 2. The first kappa shape index (κ1) is 14.3. The molecule has 0 radical (unpaired) electrons. The Labute approximate surface area is 104 Å². The number of rotatable bonds is 5. The summed E-state index contributed by atoms with van der Waals surface area (Å²) in [6.45, 7) is 11.9. The fraction of sp³-hybridized carbons (Fsp3) is 0.917. The van der Waals surface area contributed by atoms with E-state index in [1.807, 2.05) is 4.90 Å². The smallest absolute Gasteiger partial charge is 0.317 e. The molecule has 1 heterocycles. The van der Waals surface area contributed by atoms with Crippen LogP contribution < -0.4 is 5.32 Å². The van der Waals surface area contributed by atoms with E-state index in [9.17, 15) is 4.79 Å². The third-order valence-electron chi connectivity index (χ3n) is 3.28. The van der Waals surface area contributed by atoms with Crippen LogP contribution in [0.3, 0.4) is 0 Å². The lowest BCUT2D eigenvalue weighted by atomic mass is 10.3. The molecule has 1 unspecified atom stereocenters. The number of carbonyl (C=O) groups excluding carboxylic acids is 1. The van der Waals surface area contributed by atoms with Crippen molar-refractivity contribution in [1.29, 1.82) is 0 Å². The minimum absolute atomic E-state index is 0.0345. The number of morpholine rings is 1. The molecule has 5 nitrogen and oxygen atoms in total. The van der Waals surface area contributed by atoms with E-state index in [-0.39, 0.29) is 6.03 Å². The van der Waals surface area contributed by atoms with Crippen molar-refractivity contribution in [1.82, 2.24) is 15.1 Å². The Kier molecular flexibility index (Phi) is 6.29. The number of nitrogens with one attached hydrogen (secondary N) is 1. The highest BCUT2D eigenvalue weighted by Gasteiger charge is 2.17. The second-order valence-corrected chi connectivity index (χ2v) is 4.36. The van der Waals surface area contributed by atoms with Crippen LogP contribution in [0.25, 0.3) is 0 Å². The van der Waals surface area contributed by atoms with E-state index >= 15 is 0 Å². The Morgan fingerprint density at radius 2 is 1.94 bits per heavy atom. The number of likely N-dealkylation sites (N-methyl/N-ethyl adjacent to an activating group) is 1. The van der Waals surface area contributed by atoms with E-state index in [4.69, 9.17) is 4.74 Å². The molecule has 1 fully saturated rings. The predicted molar refractivity (Wildman–Crippen MR) is 68.2 cm³/mol. The van der Waals surface area contributed by atoms with E-state index in [1.54, 1.807) is 0 Å². The average molecular weight is 243 g/mol. The summed E-state index contributed by atoms with van der Waals surface area (Å²) in [5.41, 5.74) is 0. The molecule has 1 atom stereocenters. The summed E-state index contributed by atoms with van der Waals surface area (Å²) in [5.74, 6) is 0. The van der Waals surface area contributed by atoms with Crippen molar-refractivity contribution >= 4 is 6.03 Å². The Bertz CT molecular complexity index is 226. The first-order chi connectivity index (χ1) is 8.19. The molecule has 0 aromatic rings. The molecule has 1 rings (SSSR count). The monoisotopic (exact) mass is 243 g/mol. The van der Waals surface area contributed by atoms with E-state index in [0.717, 1.165) is 13.1 Å². The highest BCUT2D eigenvalue weighted by molar-refractivity contribution is 5.74. The molecule has 0 aromatic heterocycles. The topological polar surface area (TPSA) is 44.8 Å². The predicted octanol–water partition coefficient (Wildman–Crippen LogP) is 0.759. The third kappa shape index (κ3) is 4.52. The van der Waals surface area contributed by atoms with Crippen molar-refractivity contribution < 1.29 is 9.53 Å². The molecule has 17 heavy (non-hydrogen) atoms. The summed E-state index contributed by atoms with van der Waals surface area (Å²) in [6, 6.07) is 0.419. The van der Waals surface area contributed by atoms with Crippen LogP contribution in [-0.4, -0.2) is 67.8 Å². The van der Waals surface area contributed by atoms with Gasteiger partial charge in [-0.1, -0.05) is 13.8 Å². The van der Waals surface area contributed by atoms with Crippen LogP contribution in [0.2, 0.25) is 0 Å². The van der Waals surface area contributed by atoms with Gasteiger partial charge in [0.25, 0.3) is 0 Å². The van der Waals surface area contributed by atoms with Crippen LogP contribution in [0.1, 0.15) is 20.8 Å². The zero-order valence-electron chi connectivity index (χ0n) is 11.2. The van der Waals surface area contributed by atoms with Crippen LogP contribution >= 0.6 is 0 Å². The van der Waals surface area contributed by atoms with Gasteiger partial charge >= 0.3 is 6.03 Å². The summed E-state index contributed by atoms with van der Waals surface area (Å²) in [4.78, 5) is 16.0. The Morgan fingerprint density at radius 1 is 1.35 bits per heavy atom. The molecule has 1 aliphatic rings. The average Bonchev–Trinajstić information content (AvgIpc) is 2.38. The molecular formula is C12H25N3O2. The van der Waals surface area contributed by atoms with Gasteiger partial charge < -0.3 is 15.0 Å². The van der Waals surface area contributed by atoms with Gasteiger partial charge in [-0.05, 0) is 20.0 Å². The van der Waals surface area contributed by atoms with Crippen LogP contribution in [0.15, 0.2) is 0 Å². The molecule has 0 bridgehead atoms. The van der Waals surface area contributed by atoms with Crippen molar-refractivity contribution in [2.45, 2.75) is 26.8 Å². The standard InChI is InChI=1S/C12H25N3O2/c1-4-14(5-2)11(3)10-13-12(16)15-6-8-17-9-7-15/h11H,4-10H2,1-3H3,(H,13,16). The lowest BCUT2D eigenvalue weighted by Crippen LogP contribution is -2.49. The van der Waals surface area contributed by atoms with E-state index in [0.29, 0.717) is 38.9 Å². The van der Waals surface area contributed by atoms with Crippen LogP contribution in [0.4, 0.5) is 4.79 Å². The zero-order chi connectivity index (χ0) is 12.7. The largest absolute Gasteiger partial charge is 0.378 e. The summed E-state index contributed by atoms with van der Waals surface area (Å²) < 4.78 is 5.22. The minimum Gasteiger partial charge on any atom is -0.378 e. The summed E-state index contributed by atoms with van der Waals surface area (Å²) in [6.07, 6.45) is 0. The molecule has 100 valence electrons. The molecule has 0 aromatic carbocycles. The van der Waals surface area contributed by atoms with Crippen LogP contribution in [0.5, 0.6) is 0 Å². The maximum absolute atomic E-state index is 11.8. The SMILES string of the molecule is CCN(CC)C(C)CNC(=O)N1CCOCC1. The minimum atomic E-state index is 0.0345. The normalized spacial score (nSPS) is 18.2. The number of urea groups is 1. The van der Waals surface area contributed by atoms with Gasteiger partial charge in [-0.25, -0.2) is 4.79 Å². The van der Waals surface area contributed by atoms with Crippen LogP contribution in [-0.2, 0) is 4.74 Å². The van der Waals surface area contributed by atoms with Crippen molar-refractivity contribution in [3.63, 3.8) is 0 Å². The highest BCUT2D eigenvalue weighted by atomic mass is 16.5. The molecule has 0 saturated carbocycles. The number of ether oxygens (including phenoxy) is 1. The molecule has 1 saturated heterocycles. The number of hydrogen-bond donors (Lipinski definition) is 1. The van der Waals surface area contributed by atoms with Crippen molar-refractivity contribution in [2.24, 2.45) is 0 Å². The van der Waals surface area contributed by atoms with Crippen molar-refractivity contribution in [2.75, 3.05) is 45.9 Å². The summed E-state index contributed by atoms with van der Waals surface area (Å²) >= 11 is 0. The van der Waals surface area contributed by atoms with Gasteiger partial charge in [-0.2, -0.15) is 0 Å². The van der Waals surface area contributed by atoms with Gasteiger partial charge in [-0.3, -0.25) is 4.90 Å². The Balaban J connectivity index is 2.26. The molecule has 2 amide bonds. The lowest BCUT2D eigenvalue weighted by molar-refractivity contribution is 0.0527. The molecule has 1 N–H and O–H groups in total. The lowest BCUT2D eigenvalue weighted by Gasteiger charge is -2.30. The molecule has 0 spiro atoms. The van der Waals surface area contributed by atoms with Gasteiger partial charge in [0.1, 0.15) is 0 Å². The first-order valence-corrected chi connectivity index (χ1v) is 6.53. The van der Waals surface area contributed by atoms with Gasteiger partial charge in [0.15, 0.2) is 0 Å². The Morgan fingerprint density at radius 3 is 2.47 bits per heavy atom. The molecule has 0 aliphatic carbocycles. The van der Waals surface area contributed by atoms with Gasteiger partial charge in [0.2, 0.25) is 0 Å². The number of amides is 2. The fourth-order valence-electron chi connectivity index (χ4n) is 2.09. The second kappa shape index (κ2) is 7.50. The van der Waals surface area contributed by atoms with Crippen molar-refractivity contribution in [3.8, 4) is 0 Å². The van der Waals surface area contributed by atoms with Gasteiger partial charge in [0.05, 0.1) is 13.2 Å². The maximum atomic E-state index is 11.8. The molecule has 1 aliphatic heterocycles. The number of carbonyl (C=O) groups is 1. The second-order valence-electron chi connectivity index (χ2n) is 4.36. The Hall–Kier alpha value is -0.810. The quantitative estimate of drug-likeness (QED) is 0.775. The fourth-order valence-corrected chi connectivity index (χ4v) is 2.09. The van der Waals surface area contributed by atoms with E-state index in [1.165, 1.54) is 0 Å². The first-order valence-electron chi connectivity index (χ1n) is 6.53. The third-order valence-corrected chi connectivity index (χ3v) is 3.28. The van der Waals surface area contributed by atoms with Gasteiger partial charge in [0, 0.05) is 25.7 Å². The summed E-state index contributed by atoms with van der Waals surface area (Å²) in [7, 11) is 0.